The van der Waals surface area contributed by atoms with Crippen molar-refractivity contribution in [1.29, 1.82) is 0 Å². The van der Waals surface area contributed by atoms with Gasteiger partial charge >= 0.3 is 0 Å². The van der Waals surface area contributed by atoms with Crippen LogP contribution in [0.5, 0.6) is 5.75 Å². The summed E-state index contributed by atoms with van der Waals surface area (Å²) in [5, 5.41) is 3.49. The number of ether oxygens (including phenoxy) is 1. The van der Waals surface area contributed by atoms with Gasteiger partial charge in [0.2, 0.25) is 0 Å². The minimum Gasteiger partial charge on any atom is -0.497 e. The topological polar surface area (TPSA) is 55.4 Å². The van der Waals surface area contributed by atoms with Crippen molar-refractivity contribution >= 4 is 9.84 Å². The summed E-state index contributed by atoms with van der Waals surface area (Å²) in [7, 11) is -1.23. The summed E-state index contributed by atoms with van der Waals surface area (Å²) >= 11 is 0. The molecule has 0 aromatic heterocycles. The second-order valence-electron chi connectivity index (χ2n) is 5.16. The van der Waals surface area contributed by atoms with E-state index in [1.807, 2.05) is 24.3 Å². The van der Waals surface area contributed by atoms with Crippen LogP contribution in [0.4, 0.5) is 0 Å². The second-order valence-corrected chi connectivity index (χ2v) is 7.63. The van der Waals surface area contributed by atoms with Crippen LogP contribution in [0.25, 0.3) is 0 Å². The fraction of sp³-hybridized carbons (Fsp3) is 0.625. The number of nitrogens with one attached hydrogen (secondary N) is 1. The molecule has 0 saturated heterocycles. The van der Waals surface area contributed by atoms with Crippen LogP contribution in [0, 0.1) is 0 Å². The van der Waals surface area contributed by atoms with E-state index < -0.39 is 9.84 Å². The Morgan fingerprint density at radius 1 is 1.19 bits per heavy atom. The Labute approximate surface area is 128 Å². The zero-order valence-electron chi connectivity index (χ0n) is 13.3. The third-order valence-electron chi connectivity index (χ3n) is 3.55. The monoisotopic (exact) mass is 313 g/mol. The van der Waals surface area contributed by atoms with Gasteiger partial charge in [-0.1, -0.05) is 26.0 Å². The van der Waals surface area contributed by atoms with Gasteiger partial charge in [-0.05, 0) is 43.5 Å². The lowest BCUT2D eigenvalue weighted by atomic mass is 10.0. The van der Waals surface area contributed by atoms with Gasteiger partial charge in [-0.2, -0.15) is 0 Å². The van der Waals surface area contributed by atoms with E-state index in [0.717, 1.165) is 25.1 Å². The molecule has 0 heterocycles. The molecular weight excluding hydrogens is 286 g/mol. The average molecular weight is 313 g/mol. The number of rotatable bonds is 10. The molecule has 120 valence electrons. The minimum absolute atomic E-state index is 0.197. The standard InChI is InChI=1S/C16H27NO3S/c1-4-12-17-16(7-6-13-21(18,19)5-2)14-8-10-15(20-3)11-9-14/h8-11,16-17H,4-7,12-13H2,1-3H3. The maximum Gasteiger partial charge on any atom is 0.150 e. The Bertz CT molecular complexity index is 497. The highest BCUT2D eigenvalue weighted by molar-refractivity contribution is 7.91. The first kappa shape index (κ1) is 18.0. The zero-order valence-corrected chi connectivity index (χ0v) is 14.1. The summed E-state index contributed by atoms with van der Waals surface area (Å²) in [4.78, 5) is 0. The third kappa shape index (κ3) is 6.48. The molecule has 1 aromatic rings. The number of methoxy groups -OCH3 is 1. The molecule has 0 amide bonds. The van der Waals surface area contributed by atoms with Gasteiger partial charge in [-0.3, -0.25) is 0 Å². The summed E-state index contributed by atoms with van der Waals surface area (Å²) in [5.74, 6) is 1.33. The van der Waals surface area contributed by atoms with E-state index in [2.05, 4.69) is 12.2 Å². The van der Waals surface area contributed by atoms with E-state index in [9.17, 15) is 8.42 Å². The highest BCUT2D eigenvalue weighted by atomic mass is 32.2. The molecule has 4 nitrogen and oxygen atoms in total. The van der Waals surface area contributed by atoms with E-state index in [-0.39, 0.29) is 17.5 Å². The van der Waals surface area contributed by atoms with Crippen molar-refractivity contribution < 1.29 is 13.2 Å². The van der Waals surface area contributed by atoms with Crippen LogP contribution >= 0.6 is 0 Å². The van der Waals surface area contributed by atoms with E-state index in [0.29, 0.717) is 6.42 Å². The predicted octanol–water partition coefficient (Wildman–Crippen LogP) is 2.95. The molecule has 0 bridgehead atoms. The molecule has 0 aliphatic rings. The van der Waals surface area contributed by atoms with Gasteiger partial charge in [0.1, 0.15) is 15.6 Å². The van der Waals surface area contributed by atoms with Crippen LogP contribution in [0.3, 0.4) is 0 Å². The molecule has 0 radical (unpaired) electrons. The van der Waals surface area contributed by atoms with Crippen molar-refractivity contribution in [1.82, 2.24) is 5.32 Å². The largest absolute Gasteiger partial charge is 0.497 e. The Kier molecular flexibility index (Phi) is 7.75. The predicted molar refractivity (Wildman–Crippen MR) is 87.6 cm³/mol. The summed E-state index contributed by atoms with van der Waals surface area (Å²) in [6.07, 6.45) is 2.56. The van der Waals surface area contributed by atoms with Crippen molar-refractivity contribution in [2.75, 3.05) is 25.2 Å². The smallest absolute Gasteiger partial charge is 0.150 e. The maximum absolute atomic E-state index is 11.6. The normalized spacial score (nSPS) is 13.1. The minimum atomic E-state index is -2.88. The molecule has 0 fully saturated rings. The summed E-state index contributed by atoms with van der Waals surface area (Å²) in [6.45, 7) is 4.75. The summed E-state index contributed by atoms with van der Waals surface area (Å²) in [6, 6.07) is 8.17. The van der Waals surface area contributed by atoms with E-state index in [1.165, 1.54) is 5.56 Å². The SMILES string of the molecule is CCCNC(CCCS(=O)(=O)CC)c1ccc(OC)cc1. The molecule has 0 aliphatic carbocycles. The zero-order chi connectivity index (χ0) is 15.7. The first-order valence-electron chi connectivity index (χ1n) is 7.60. The highest BCUT2D eigenvalue weighted by Gasteiger charge is 2.13. The molecule has 5 heteroatoms. The van der Waals surface area contributed by atoms with Crippen LogP contribution in [-0.2, 0) is 9.84 Å². The summed E-state index contributed by atoms with van der Waals surface area (Å²) < 4.78 is 28.3. The van der Waals surface area contributed by atoms with Gasteiger partial charge < -0.3 is 10.1 Å². The van der Waals surface area contributed by atoms with Crippen molar-refractivity contribution in [2.45, 2.75) is 39.2 Å². The molecule has 0 saturated carbocycles. The molecule has 0 aliphatic heterocycles. The Morgan fingerprint density at radius 2 is 1.86 bits per heavy atom. The van der Waals surface area contributed by atoms with E-state index in [4.69, 9.17) is 4.74 Å². The lowest BCUT2D eigenvalue weighted by Gasteiger charge is -2.19. The van der Waals surface area contributed by atoms with Crippen molar-refractivity contribution in [2.24, 2.45) is 0 Å². The number of sulfone groups is 1. The van der Waals surface area contributed by atoms with Gasteiger partial charge in [-0.25, -0.2) is 8.42 Å². The molecule has 1 unspecified atom stereocenters. The van der Waals surface area contributed by atoms with Crippen LogP contribution in [0.2, 0.25) is 0 Å². The maximum atomic E-state index is 11.6. The first-order valence-corrected chi connectivity index (χ1v) is 9.42. The van der Waals surface area contributed by atoms with Crippen molar-refractivity contribution in [3.63, 3.8) is 0 Å². The van der Waals surface area contributed by atoms with Crippen LogP contribution in [0.15, 0.2) is 24.3 Å². The van der Waals surface area contributed by atoms with Gasteiger partial charge in [0, 0.05) is 11.8 Å². The molecule has 1 N–H and O–H groups in total. The fourth-order valence-corrected chi connectivity index (χ4v) is 3.09. The van der Waals surface area contributed by atoms with E-state index in [1.54, 1.807) is 14.0 Å². The second kappa shape index (κ2) is 9.05. The molecule has 21 heavy (non-hydrogen) atoms. The molecule has 1 aromatic carbocycles. The van der Waals surface area contributed by atoms with Gasteiger partial charge in [0.15, 0.2) is 0 Å². The van der Waals surface area contributed by atoms with Crippen molar-refractivity contribution in [3.05, 3.63) is 29.8 Å². The molecular formula is C16H27NO3S. The molecule has 1 rings (SSSR count). The van der Waals surface area contributed by atoms with Crippen molar-refractivity contribution in [3.8, 4) is 5.75 Å². The highest BCUT2D eigenvalue weighted by Crippen LogP contribution is 2.22. The summed E-state index contributed by atoms with van der Waals surface area (Å²) in [5.41, 5.74) is 1.18. The Hall–Kier alpha value is -1.07. The number of benzene rings is 1. The Balaban J connectivity index is 2.66. The third-order valence-corrected chi connectivity index (χ3v) is 5.34. The number of hydrogen-bond acceptors (Lipinski definition) is 4. The number of hydrogen-bond donors (Lipinski definition) is 1. The van der Waals surface area contributed by atoms with Gasteiger partial charge in [-0.15, -0.1) is 0 Å². The fourth-order valence-electron chi connectivity index (χ4n) is 2.19. The first-order chi connectivity index (χ1) is 10.0. The molecule has 0 spiro atoms. The van der Waals surface area contributed by atoms with Gasteiger partial charge in [0.25, 0.3) is 0 Å². The van der Waals surface area contributed by atoms with E-state index >= 15 is 0 Å². The average Bonchev–Trinajstić information content (AvgIpc) is 2.50. The lowest BCUT2D eigenvalue weighted by Crippen LogP contribution is -2.23. The Morgan fingerprint density at radius 3 is 2.38 bits per heavy atom. The van der Waals surface area contributed by atoms with Crippen LogP contribution in [-0.4, -0.2) is 33.6 Å². The quantitative estimate of drug-likeness (QED) is 0.721. The van der Waals surface area contributed by atoms with Crippen LogP contribution < -0.4 is 10.1 Å². The lowest BCUT2D eigenvalue weighted by molar-refractivity contribution is 0.414. The van der Waals surface area contributed by atoms with Crippen LogP contribution in [0.1, 0.15) is 44.7 Å². The van der Waals surface area contributed by atoms with Gasteiger partial charge in [0.05, 0.1) is 12.9 Å². The molecule has 1 atom stereocenters.